The molecule has 3 rings (SSSR count). The van der Waals surface area contributed by atoms with Gasteiger partial charge >= 0.3 is 4.34 Å². The van der Waals surface area contributed by atoms with Gasteiger partial charge in [-0.05, 0) is 0 Å². The highest BCUT2D eigenvalue weighted by Crippen LogP contribution is 2.32. The smallest absolute Gasteiger partial charge is 0.303 e. The number of thiazole rings is 1. The molecule has 0 aliphatic heterocycles. The fraction of sp³-hybridized carbons (Fsp3) is 0.222. The van der Waals surface area contributed by atoms with Crippen LogP contribution in [0, 0.1) is 0 Å². The van der Waals surface area contributed by atoms with Crippen molar-refractivity contribution in [2.24, 2.45) is 7.05 Å². The average Bonchev–Trinajstić information content (AvgIpc) is 2.81. The summed E-state index contributed by atoms with van der Waals surface area (Å²) >= 11 is 0.231. The van der Waals surface area contributed by atoms with E-state index in [2.05, 4.69) is 15.2 Å². The Bertz CT molecular complexity index is 770. The van der Waals surface area contributed by atoms with E-state index in [0.29, 0.717) is 15.5 Å². The molecule has 0 saturated carbocycles. The third-order valence-corrected chi connectivity index (χ3v) is 4.97. The quantitative estimate of drug-likeness (QED) is 0.655. The van der Waals surface area contributed by atoms with Gasteiger partial charge in [0.15, 0.2) is 5.65 Å². The van der Waals surface area contributed by atoms with Crippen LogP contribution in [0.3, 0.4) is 0 Å². The molecule has 88 valence electrons. The topological polar surface area (TPSA) is 86.6 Å². The monoisotopic (exact) mass is 268 g/mol. The maximum Gasteiger partial charge on any atom is 0.303 e. The summed E-state index contributed by atoms with van der Waals surface area (Å²) < 4.78 is 14.5. The van der Waals surface area contributed by atoms with E-state index in [4.69, 9.17) is 0 Å². The lowest BCUT2D eigenvalue weighted by Crippen LogP contribution is -2.10. The fourth-order valence-corrected chi connectivity index (χ4v) is 3.59. The molecule has 1 unspecified atom stereocenters. The molecule has 0 fully saturated rings. The molecular formula is C9H8N4O2S2. The summed E-state index contributed by atoms with van der Waals surface area (Å²) in [6, 6.07) is 0. The number of rotatable bonds is 1. The summed E-state index contributed by atoms with van der Waals surface area (Å²) in [4.78, 5) is 16.0. The number of fused-ring (bicyclic) bond motifs is 3. The molecule has 17 heavy (non-hydrogen) atoms. The molecule has 0 aliphatic carbocycles. The molecule has 0 spiro atoms. The van der Waals surface area contributed by atoms with Crippen LogP contribution in [0.15, 0.2) is 15.3 Å². The first kappa shape index (κ1) is 10.8. The molecule has 0 aromatic carbocycles. The lowest BCUT2D eigenvalue weighted by atomic mass is 10.4. The van der Waals surface area contributed by atoms with Crippen LogP contribution in [-0.2, 0) is 18.2 Å². The van der Waals surface area contributed by atoms with Crippen molar-refractivity contribution in [3.8, 4) is 0 Å². The third kappa shape index (κ3) is 1.41. The standard InChI is InChI=1S/C9H8N4O2S2/c1-13-5-4(3-10-12-8(5)14)6-7(13)11-9(16-6)17(2)15/h3H,1-2H3,(H,12,14). The van der Waals surface area contributed by atoms with Crippen LogP contribution in [0.1, 0.15) is 0 Å². The predicted molar refractivity (Wildman–Crippen MR) is 66.8 cm³/mol. The molecule has 3 heterocycles. The van der Waals surface area contributed by atoms with E-state index in [1.807, 2.05) is 0 Å². The number of hydrogen-bond acceptors (Lipinski definition) is 5. The largest absolute Gasteiger partial charge is 0.610 e. The van der Waals surface area contributed by atoms with Crippen molar-refractivity contribution in [3.63, 3.8) is 0 Å². The van der Waals surface area contributed by atoms with Crippen LogP contribution in [0.25, 0.3) is 21.3 Å². The van der Waals surface area contributed by atoms with Crippen LogP contribution in [0.4, 0.5) is 0 Å². The molecule has 0 bridgehead atoms. The van der Waals surface area contributed by atoms with Crippen LogP contribution in [0.5, 0.6) is 0 Å². The molecule has 3 aromatic heterocycles. The van der Waals surface area contributed by atoms with E-state index in [9.17, 15) is 9.35 Å². The number of H-pyrrole nitrogens is 1. The van der Waals surface area contributed by atoms with Crippen molar-refractivity contribution in [2.75, 3.05) is 6.26 Å². The summed E-state index contributed by atoms with van der Waals surface area (Å²) in [6.45, 7) is 0. The van der Waals surface area contributed by atoms with Crippen LogP contribution >= 0.6 is 11.3 Å². The SMILES string of the molecule is Cn1c2nc([S+](C)[O-])sc2c2cn[nH]c(=O)c21. The first-order valence-corrected chi connectivity index (χ1v) is 7.13. The summed E-state index contributed by atoms with van der Waals surface area (Å²) in [5.74, 6) is 0. The Morgan fingerprint density at radius 3 is 3.06 bits per heavy atom. The molecule has 8 heteroatoms. The molecule has 0 saturated heterocycles. The maximum atomic E-state index is 11.7. The van der Waals surface area contributed by atoms with E-state index >= 15 is 0 Å². The molecule has 0 aliphatic rings. The first-order valence-electron chi connectivity index (χ1n) is 4.75. The van der Waals surface area contributed by atoms with Crippen LogP contribution in [0.2, 0.25) is 0 Å². The van der Waals surface area contributed by atoms with Crippen molar-refractivity contribution in [3.05, 3.63) is 16.6 Å². The van der Waals surface area contributed by atoms with Gasteiger partial charge < -0.3 is 9.12 Å². The van der Waals surface area contributed by atoms with E-state index in [-0.39, 0.29) is 5.56 Å². The summed E-state index contributed by atoms with van der Waals surface area (Å²) in [7, 11) is 1.77. The zero-order valence-corrected chi connectivity index (χ0v) is 10.7. The molecule has 6 nitrogen and oxygen atoms in total. The van der Waals surface area contributed by atoms with E-state index in [0.717, 1.165) is 10.1 Å². The molecule has 1 atom stereocenters. The van der Waals surface area contributed by atoms with Crippen molar-refractivity contribution in [1.29, 1.82) is 0 Å². The van der Waals surface area contributed by atoms with Crippen molar-refractivity contribution < 1.29 is 4.55 Å². The van der Waals surface area contributed by atoms with E-state index in [1.165, 1.54) is 11.3 Å². The van der Waals surface area contributed by atoms with Gasteiger partial charge in [0.2, 0.25) is 0 Å². The third-order valence-electron chi connectivity index (χ3n) is 2.56. The second-order valence-electron chi connectivity index (χ2n) is 3.61. The molecule has 3 aromatic rings. The van der Waals surface area contributed by atoms with Gasteiger partial charge in [0.1, 0.15) is 11.8 Å². The minimum absolute atomic E-state index is 0.241. The van der Waals surface area contributed by atoms with Gasteiger partial charge in [-0.1, -0.05) is 11.3 Å². The van der Waals surface area contributed by atoms with Crippen molar-refractivity contribution >= 4 is 43.8 Å². The minimum atomic E-state index is -1.11. The van der Waals surface area contributed by atoms with Crippen LogP contribution < -0.4 is 5.56 Å². The molecule has 0 radical (unpaired) electrons. The Labute approximate surface area is 102 Å². The number of nitrogens with zero attached hydrogens (tertiary/aromatic N) is 3. The van der Waals surface area contributed by atoms with Gasteiger partial charge in [-0.15, -0.1) is 0 Å². The van der Waals surface area contributed by atoms with Gasteiger partial charge in [0.25, 0.3) is 5.56 Å². The maximum absolute atomic E-state index is 11.7. The highest BCUT2D eigenvalue weighted by Gasteiger charge is 2.20. The zero-order chi connectivity index (χ0) is 12.2. The van der Waals surface area contributed by atoms with E-state index in [1.54, 1.807) is 24.1 Å². The number of aromatic nitrogens is 4. The lowest BCUT2D eigenvalue weighted by Gasteiger charge is -1.97. The van der Waals surface area contributed by atoms with Crippen molar-refractivity contribution in [1.82, 2.24) is 19.7 Å². The summed E-state index contributed by atoms with van der Waals surface area (Å²) in [5, 5.41) is 6.93. The van der Waals surface area contributed by atoms with Gasteiger partial charge in [-0.25, -0.2) is 5.10 Å². The minimum Gasteiger partial charge on any atom is -0.610 e. The number of hydrogen-bond donors (Lipinski definition) is 1. The highest BCUT2D eigenvalue weighted by molar-refractivity contribution is 7.92. The van der Waals surface area contributed by atoms with Gasteiger partial charge in [-0.3, -0.25) is 4.79 Å². The zero-order valence-electron chi connectivity index (χ0n) is 9.05. The molecule has 1 N–H and O–H groups in total. The number of nitrogens with one attached hydrogen (secondary N) is 1. The Balaban J connectivity index is 2.51. The molecular weight excluding hydrogens is 260 g/mol. The average molecular weight is 268 g/mol. The normalized spacial score (nSPS) is 13.6. The molecule has 0 amide bonds. The first-order chi connectivity index (χ1) is 8.09. The Morgan fingerprint density at radius 2 is 2.35 bits per heavy atom. The fourth-order valence-electron chi connectivity index (χ4n) is 1.82. The van der Waals surface area contributed by atoms with Gasteiger partial charge in [-0.2, -0.15) is 10.1 Å². The van der Waals surface area contributed by atoms with E-state index < -0.39 is 11.2 Å². The Morgan fingerprint density at radius 1 is 1.59 bits per heavy atom. The van der Waals surface area contributed by atoms with Gasteiger partial charge in [0, 0.05) is 23.6 Å². The predicted octanol–water partition coefficient (Wildman–Crippen LogP) is 0.609. The number of aryl methyl sites for hydroxylation is 1. The van der Waals surface area contributed by atoms with Crippen molar-refractivity contribution in [2.45, 2.75) is 4.34 Å². The second-order valence-corrected chi connectivity index (χ2v) is 6.16. The second kappa shape index (κ2) is 3.56. The highest BCUT2D eigenvalue weighted by atomic mass is 32.2. The summed E-state index contributed by atoms with van der Waals surface area (Å²) in [6.07, 6.45) is 3.19. The number of aromatic amines is 1. The lowest BCUT2D eigenvalue weighted by molar-refractivity contribution is 0.600. The van der Waals surface area contributed by atoms with Crippen LogP contribution in [-0.4, -0.2) is 30.6 Å². The summed E-state index contributed by atoms with van der Waals surface area (Å²) in [5.41, 5.74) is 0.977. The van der Waals surface area contributed by atoms with Gasteiger partial charge in [0.05, 0.1) is 10.9 Å². The Hall–Kier alpha value is -1.38. The Kier molecular flexibility index (Phi) is 2.25.